The Balaban J connectivity index is 1.52. The number of amides is 1. The lowest BCUT2D eigenvalue weighted by molar-refractivity contribution is -0.384. The van der Waals surface area contributed by atoms with E-state index in [9.17, 15) is 14.9 Å². The molecule has 0 unspecified atom stereocenters. The molecule has 1 fully saturated rings. The molecule has 6 nitrogen and oxygen atoms in total. The fraction of sp³-hybridized carbons (Fsp3) is 0.316. The van der Waals surface area contributed by atoms with Gasteiger partial charge in [-0.2, -0.15) is 0 Å². The Morgan fingerprint density at radius 1 is 1.04 bits per heavy atom. The fourth-order valence-electron chi connectivity index (χ4n) is 3.15. The largest absolute Gasteiger partial charge is 0.336 e. The van der Waals surface area contributed by atoms with Crippen molar-refractivity contribution >= 4 is 34.8 Å². The topological polar surface area (TPSA) is 66.7 Å². The number of hydrogen-bond acceptors (Lipinski definition) is 4. The molecule has 1 heterocycles. The SMILES string of the molecule is O=C(c1cc(Cl)cc(Cl)c1)N1CCN(CCc2cccc([N+](=O)[O-])c2)CC1. The molecule has 1 aliphatic rings. The van der Waals surface area contributed by atoms with Crippen molar-refractivity contribution in [2.45, 2.75) is 6.42 Å². The predicted octanol–water partition coefficient (Wildman–Crippen LogP) is 3.90. The molecule has 0 saturated carbocycles. The molecule has 0 spiro atoms. The van der Waals surface area contributed by atoms with Crippen LogP contribution in [-0.2, 0) is 6.42 Å². The number of carbonyl (C=O) groups is 1. The normalized spacial score (nSPS) is 15.0. The molecule has 0 radical (unpaired) electrons. The van der Waals surface area contributed by atoms with Crippen molar-refractivity contribution in [3.05, 3.63) is 73.8 Å². The van der Waals surface area contributed by atoms with Gasteiger partial charge in [0.05, 0.1) is 4.92 Å². The van der Waals surface area contributed by atoms with Crippen LogP contribution in [0.2, 0.25) is 10.0 Å². The van der Waals surface area contributed by atoms with Gasteiger partial charge in [0.25, 0.3) is 11.6 Å². The standard InChI is InChI=1S/C19H19Cl2N3O3/c20-16-11-15(12-17(21)13-16)19(25)23-8-6-22(7-9-23)5-4-14-2-1-3-18(10-14)24(26)27/h1-3,10-13H,4-9H2. The van der Waals surface area contributed by atoms with Gasteiger partial charge in [0, 0.05) is 60.5 Å². The van der Waals surface area contributed by atoms with Gasteiger partial charge < -0.3 is 4.90 Å². The van der Waals surface area contributed by atoms with Gasteiger partial charge in [-0.1, -0.05) is 35.3 Å². The predicted molar refractivity (Wildman–Crippen MR) is 106 cm³/mol. The van der Waals surface area contributed by atoms with Gasteiger partial charge in [0.2, 0.25) is 0 Å². The summed E-state index contributed by atoms with van der Waals surface area (Å²) < 4.78 is 0. The smallest absolute Gasteiger partial charge is 0.269 e. The zero-order valence-electron chi connectivity index (χ0n) is 14.6. The average Bonchev–Trinajstić information content (AvgIpc) is 2.65. The number of rotatable bonds is 5. The molecule has 1 saturated heterocycles. The third-order valence-corrected chi connectivity index (χ3v) is 5.04. The van der Waals surface area contributed by atoms with Crippen molar-refractivity contribution in [3.63, 3.8) is 0 Å². The van der Waals surface area contributed by atoms with Gasteiger partial charge >= 0.3 is 0 Å². The van der Waals surface area contributed by atoms with E-state index < -0.39 is 0 Å². The lowest BCUT2D eigenvalue weighted by Gasteiger charge is -2.34. The number of nitro benzene ring substituents is 1. The molecule has 3 rings (SSSR count). The van der Waals surface area contributed by atoms with Gasteiger partial charge in [-0.15, -0.1) is 0 Å². The van der Waals surface area contributed by atoms with Crippen LogP contribution in [0.15, 0.2) is 42.5 Å². The van der Waals surface area contributed by atoms with Crippen LogP contribution in [0, 0.1) is 10.1 Å². The third-order valence-electron chi connectivity index (χ3n) is 4.61. The van der Waals surface area contributed by atoms with E-state index in [0.717, 1.165) is 31.6 Å². The number of non-ortho nitro benzene ring substituents is 1. The summed E-state index contributed by atoms with van der Waals surface area (Å²) >= 11 is 12.0. The first kappa shape index (κ1) is 19.6. The summed E-state index contributed by atoms with van der Waals surface area (Å²) in [4.78, 5) is 27.2. The van der Waals surface area contributed by atoms with Crippen LogP contribution in [0.3, 0.4) is 0 Å². The number of hydrogen-bond donors (Lipinski definition) is 0. The highest BCUT2D eigenvalue weighted by Gasteiger charge is 2.22. The quantitative estimate of drug-likeness (QED) is 0.556. The maximum absolute atomic E-state index is 12.6. The van der Waals surface area contributed by atoms with E-state index in [2.05, 4.69) is 4.90 Å². The molecule has 2 aromatic rings. The van der Waals surface area contributed by atoms with E-state index in [0.29, 0.717) is 28.7 Å². The average molecular weight is 408 g/mol. The Morgan fingerprint density at radius 2 is 1.70 bits per heavy atom. The highest BCUT2D eigenvalue weighted by atomic mass is 35.5. The first-order chi connectivity index (χ1) is 12.9. The summed E-state index contributed by atoms with van der Waals surface area (Å²) in [5.41, 5.74) is 1.55. The molecular formula is C19H19Cl2N3O3. The molecule has 0 aromatic heterocycles. The van der Waals surface area contributed by atoms with Crippen LogP contribution in [0.5, 0.6) is 0 Å². The third kappa shape index (κ3) is 5.19. The number of nitro groups is 1. The first-order valence-electron chi connectivity index (χ1n) is 8.63. The molecule has 27 heavy (non-hydrogen) atoms. The molecule has 8 heteroatoms. The van der Waals surface area contributed by atoms with E-state index in [1.54, 1.807) is 35.2 Å². The first-order valence-corrected chi connectivity index (χ1v) is 9.39. The van der Waals surface area contributed by atoms with Crippen molar-refractivity contribution in [3.8, 4) is 0 Å². The van der Waals surface area contributed by atoms with Crippen LogP contribution >= 0.6 is 23.2 Å². The maximum Gasteiger partial charge on any atom is 0.269 e. The van der Waals surface area contributed by atoms with Gasteiger partial charge in [-0.3, -0.25) is 19.8 Å². The second kappa shape index (κ2) is 8.69. The number of nitrogens with zero attached hydrogens (tertiary/aromatic N) is 3. The Hall–Kier alpha value is -2.15. The summed E-state index contributed by atoms with van der Waals surface area (Å²) in [5.74, 6) is -0.0715. The minimum Gasteiger partial charge on any atom is -0.336 e. The molecule has 142 valence electrons. The van der Waals surface area contributed by atoms with Crippen LogP contribution < -0.4 is 0 Å². The maximum atomic E-state index is 12.6. The second-order valence-electron chi connectivity index (χ2n) is 6.47. The number of piperazine rings is 1. The number of benzene rings is 2. The van der Waals surface area contributed by atoms with Crippen molar-refractivity contribution in [2.24, 2.45) is 0 Å². The van der Waals surface area contributed by atoms with E-state index in [1.807, 2.05) is 6.07 Å². The molecule has 0 N–H and O–H groups in total. The van der Waals surface area contributed by atoms with E-state index in [-0.39, 0.29) is 16.5 Å². The van der Waals surface area contributed by atoms with Crippen molar-refractivity contribution in [1.29, 1.82) is 0 Å². The zero-order chi connectivity index (χ0) is 19.4. The van der Waals surface area contributed by atoms with Crippen LogP contribution in [0.1, 0.15) is 15.9 Å². The summed E-state index contributed by atoms with van der Waals surface area (Å²) in [6.07, 6.45) is 0.736. The highest BCUT2D eigenvalue weighted by Crippen LogP contribution is 2.21. The van der Waals surface area contributed by atoms with Crippen molar-refractivity contribution in [2.75, 3.05) is 32.7 Å². The van der Waals surface area contributed by atoms with Crippen LogP contribution in [0.25, 0.3) is 0 Å². The minimum atomic E-state index is -0.379. The van der Waals surface area contributed by atoms with E-state index in [1.165, 1.54) is 6.07 Å². The number of halogens is 2. The molecule has 0 atom stereocenters. The lowest BCUT2D eigenvalue weighted by atomic mass is 10.1. The summed E-state index contributed by atoms with van der Waals surface area (Å²) in [5, 5.41) is 11.8. The molecule has 0 aliphatic carbocycles. The number of carbonyl (C=O) groups excluding carboxylic acids is 1. The molecule has 0 bridgehead atoms. The lowest BCUT2D eigenvalue weighted by Crippen LogP contribution is -2.49. The molecule has 2 aromatic carbocycles. The van der Waals surface area contributed by atoms with Gasteiger partial charge in [0.1, 0.15) is 0 Å². The monoisotopic (exact) mass is 407 g/mol. The summed E-state index contributed by atoms with van der Waals surface area (Å²) in [6.45, 7) is 3.56. The summed E-state index contributed by atoms with van der Waals surface area (Å²) in [7, 11) is 0. The van der Waals surface area contributed by atoms with E-state index in [4.69, 9.17) is 23.2 Å². The van der Waals surface area contributed by atoms with Crippen LogP contribution in [-0.4, -0.2) is 53.4 Å². The van der Waals surface area contributed by atoms with E-state index >= 15 is 0 Å². The van der Waals surface area contributed by atoms with Crippen molar-refractivity contribution in [1.82, 2.24) is 9.80 Å². The Kier molecular flexibility index (Phi) is 6.31. The van der Waals surface area contributed by atoms with Gasteiger partial charge in [-0.25, -0.2) is 0 Å². The van der Waals surface area contributed by atoms with Crippen molar-refractivity contribution < 1.29 is 9.72 Å². The van der Waals surface area contributed by atoms with Gasteiger partial charge in [0.15, 0.2) is 0 Å². The summed E-state index contributed by atoms with van der Waals surface area (Å²) in [6, 6.07) is 11.6. The minimum absolute atomic E-state index is 0.0715. The van der Waals surface area contributed by atoms with Gasteiger partial charge in [-0.05, 0) is 30.2 Å². The molecular weight excluding hydrogens is 389 g/mol. The Labute approximate surface area is 167 Å². The fourth-order valence-corrected chi connectivity index (χ4v) is 3.67. The molecule has 1 amide bonds. The second-order valence-corrected chi connectivity index (χ2v) is 7.34. The highest BCUT2D eigenvalue weighted by molar-refractivity contribution is 6.35. The zero-order valence-corrected chi connectivity index (χ0v) is 16.1. The van der Waals surface area contributed by atoms with Crippen LogP contribution in [0.4, 0.5) is 5.69 Å². The molecule has 1 aliphatic heterocycles. The Bertz CT molecular complexity index is 832. The Morgan fingerprint density at radius 3 is 2.33 bits per heavy atom.